The first-order valence-electron chi connectivity index (χ1n) is 5.29. The summed E-state index contributed by atoms with van der Waals surface area (Å²) in [5, 5.41) is 3.09. The molecule has 2 heterocycles. The van der Waals surface area contributed by atoms with Gasteiger partial charge in [-0.2, -0.15) is 4.98 Å². The zero-order valence-electron chi connectivity index (χ0n) is 8.91. The second kappa shape index (κ2) is 3.60. The van der Waals surface area contributed by atoms with E-state index in [0.29, 0.717) is 5.58 Å². The molecule has 2 nitrogen and oxygen atoms in total. The van der Waals surface area contributed by atoms with Gasteiger partial charge in [-0.25, -0.2) is 0 Å². The van der Waals surface area contributed by atoms with Crippen molar-refractivity contribution in [1.29, 1.82) is 0 Å². The molecule has 0 aliphatic rings. The van der Waals surface area contributed by atoms with Crippen molar-refractivity contribution in [2.75, 3.05) is 0 Å². The molecule has 2 aromatic carbocycles. The molecule has 0 spiro atoms. The number of oxazole rings is 1. The number of benzene rings is 2. The normalized spacial score (nSPS) is 11.9. The van der Waals surface area contributed by atoms with E-state index in [4.69, 9.17) is 27.6 Å². The highest BCUT2D eigenvalue weighted by Gasteiger charge is 2.12. The summed E-state index contributed by atoms with van der Waals surface area (Å²) in [5.41, 5.74) is 1.46. The van der Waals surface area contributed by atoms with Crippen molar-refractivity contribution in [1.82, 2.24) is 4.98 Å². The maximum Gasteiger partial charge on any atom is 0.293 e. The van der Waals surface area contributed by atoms with E-state index in [2.05, 4.69) is 11.1 Å². The van der Waals surface area contributed by atoms with Gasteiger partial charge in [0.1, 0.15) is 5.52 Å². The Morgan fingerprint density at radius 3 is 2.89 bits per heavy atom. The zero-order valence-corrected chi connectivity index (χ0v) is 11.2. The molecule has 0 aliphatic heterocycles. The first-order chi connectivity index (χ1) is 8.72. The third kappa shape index (κ3) is 1.38. The van der Waals surface area contributed by atoms with E-state index in [9.17, 15) is 0 Å². The Morgan fingerprint density at radius 1 is 1.11 bits per heavy atom. The van der Waals surface area contributed by atoms with Crippen LogP contribution in [0.15, 0.2) is 34.7 Å². The van der Waals surface area contributed by atoms with Crippen molar-refractivity contribution in [2.24, 2.45) is 0 Å². The number of aromatic nitrogens is 1. The Balaban J connectivity index is 2.27. The predicted octanol–water partition coefficient (Wildman–Crippen LogP) is 5.50. The van der Waals surface area contributed by atoms with E-state index in [1.54, 1.807) is 11.3 Å². The van der Waals surface area contributed by atoms with Gasteiger partial charge in [0.2, 0.25) is 0 Å². The molecular weight excluding hydrogens is 289 g/mol. The van der Waals surface area contributed by atoms with E-state index in [1.165, 1.54) is 0 Å². The fraction of sp³-hybridized carbons (Fsp3) is 0. The minimum atomic E-state index is 0.165. The van der Waals surface area contributed by atoms with Crippen LogP contribution in [-0.4, -0.2) is 4.98 Å². The van der Waals surface area contributed by atoms with Crippen LogP contribution in [0.2, 0.25) is 10.4 Å². The smallest absolute Gasteiger partial charge is 0.293 e. The lowest BCUT2D eigenvalue weighted by molar-refractivity contribution is 0.605. The van der Waals surface area contributed by atoms with Gasteiger partial charge >= 0.3 is 0 Å². The summed E-state index contributed by atoms with van der Waals surface area (Å²) in [5.74, 6) is 0. The van der Waals surface area contributed by atoms with Crippen molar-refractivity contribution in [3.8, 4) is 0 Å². The SMILES string of the molecule is Clc1nc2cc3c(cc2o1)sc1cccc(Cl)c13. The van der Waals surface area contributed by atoms with Crippen LogP contribution in [0.4, 0.5) is 0 Å². The van der Waals surface area contributed by atoms with Gasteiger partial charge in [0, 0.05) is 31.3 Å². The molecule has 18 heavy (non-hydrogen) atoms. The van der Waals surface area contributed by atoms with Crippen LogP contribution in [0, 0.1) is 0 Å². The standard InChI is InChI=1S/C13H5Cl2NOS/c14-7-2-1-3-10-12(7)6-4-8-9(5-11(6)18-10)17-13(15)16-8/h1-5H. The third-order valence-electron chi connectivity index (χ3n) is 2.93. The monoisotopic (exact) mass is 293 g/mol. The zero-order chi connectivity index (χ0) is 12.3. The van der Waals surface area contributed by atoms with Crippen LogP contribution in [0.3, 0.4) is 0 Å². The van der Waals surface area contributed by atoms with Crippen molar-refractivity contribution < 1.29 is 4.42 Å². The van der Waals surface area contributed by atoms with Crippen LogP contribution in [0.1, 0.15) is 0 Å². The van der Waals surface area contributed by atoms with E-state index in [1.807, 2.05) is 24.3 Å². The van der Waals surface area contributed by atoms with Crippen LogP contribution >= 0.6 is 34.5 Å². The average Bonchev–Trinajstić information content (AvgIpc) is 2.84. The predicted molar refractivity (Wildman–Crippen MR) is 76.9 cm³/mol. The summed E-state index contributed by atoms with van der Waals surface area (Å²) in [6.45, 7) is 0. The van der Waals surface area contributed by atoms with Gasteiger partial charge in [0.25, 0.3) is 5.35 Å². The fourth-order valence-corrected chi connectivity index (χ4v) is 3.83. The lowest BCUT2D eigenvalue weighted by Gasteiger charge is -1.94. The Hall–Kier alpha value is -1.29. The van der Waals surface area contributed by atoms with Gasteiger partial charge in [-0.1, -0.05) is 17.7 Å². The maximum absolute atomic E-state index is 6.27. The molecule has 0 radical (unpaired) electrons. The van der Waals surface area contributed by atoms with Crippen molar-refractivity contribution in [3.05, 3.63) is 40.7 Å². The molecule has 0 bridgehead atoms. The van der Waals surface area contributed by atoms with Crippen LogP contribution in [0.25, 0.3) is 31.3 Å². The minimum absolute atomic E-state index is 0.165. The van der Waals surface area contributed by atoms with Crippen LogP contribution in [-0.2, 0) is 0 Å². The van der Waals surface area contributed by atoms with Crippen molar-refractivity contribution in [3.63, 3.8) is 0 Å². The molecule has 0 aliphatic carbocycles. The van der Waals surface area contributed by atoms with E-state index < -0.39 is 0 Å². The summed E-state index contributed by atoms with van der Waals surface area (Å²) in [6.07, 6.45) is 0. The molecule has 88 valence electrons. The molecule has 0 saturated heterocycles. The Labute approximate surface area is 116 Å². The lowest BCUT2D eigenvalue weighted by atomic mass is 10.1. The summed E-state index contributed by atoms with van der Waals surface area (Å²) >= 11 is 13.7. The number of halogens is 2. The second-order valence-electron chi connectivity index (χ2n) is 4.00. The Kier molecular flexibility index (Phi) is 2.13. The van der Waals surface area contributed by atoms with Gasteiger partial charge in [0.15, 0.2) is 5.58 Å². The largest absolute Gasteiger partial charge is 0.428 e. The summed E-state index contributed by atoms with van der Waals surface area (Å²) in [4.78, 5) is 4.14. The van der Waals surface area contributed by atoms with E-state index >= 15 is 0 Å². The molecule has 0 fully saturated rings. The number of thiophene rings is 1. The van der Waals surface area contributed by atoms with Gasteiger partial charge in [-0.15, -0.1) is 11.3 Å². The molecule has 4 rings (SSSR count). The number of hydrogen-bond acceptors (Lipinski definition) is 3. The first-order valence-corrected chi connectivity index (χ1v) is 6.86. The number of rotatable bonds is 0. The van der Waals surface area contributed by atoms with Gasteiger partial charge < -0.3 is 4.42 Å². The van der Waals surface area contributed by atoms with Gasteiger partial charge in [-0.3, -0.25) is 0 Å². The van der Waals surface area contributed by atoms with Gasteiger partial charge in [0.05, 0.1) is 0 Å². The second-order valence-corrected chi connectivity index (χ2v) is 5.81. The molecule has 0 N–H and O–H groups in total. The Bertz CT molecular complexity index is 909. The fourth-order valence-electron chi connectivity index (χ4n) is 2.18. The van der Waals surface area contributed by atoms with E-state index in [0.717, 1.165) is 30.7 Å². The van der Waals surface area contributed by atoms with Crippen molar-refractivity contribution >= 4 is 65.8 Å². The number of fused-ring (bicyclic) bond motifs is 4. The topological polar surface area (TPSA) is 26.0 Å². The molecule has 0 atom stereocenters. The number of hydrogen-bond donors (Lipinski definition) is 0. The third-order valence-corrected chi connectivity index (χ3v) is 4.52. The van der Waals surface area contributed by atoms with Crippen LogP contribution in [0.5, 0.6) is 0 Å². The quantitative estimate of drug-likeness (QED) is 0.428. The van der Waals surface area contributed by atoms with Crippen molar-refractivity contribution in [2.45, 2.75) is 0 Å². The summed E-state index contributed by atoms with van der Waals surface area (Å²) in [6, 6.07) is 9.86. The molecular formula is C13H5Cl2NOS. The van der Waals surface area contributed by atoms with Gasteiger partial charge in [-0.05, 0) is 29.8 Å². The van der Waals surface area contributed by atoms with E-state index in [-0.39, 0.29) is 5.35 Å². The number of nitrogens with zero attached hydrogens (tertiary/aromatic N) is 1. The molecule has 2 aromatic heterocycles. The average molecular weight is 294 g/mol. The minimum Gasteiger partial charge on any atom is -0.428 e. The molecule has 4 aromatic rings. The maximum atomic E-state index is 6.27. The lowest BCUT2D eigenvalue weighted by Crippen LogP contribution is -1.70. The molecule has 0 amide bonds. The van der Waals surface area contributed by atoms with Crippen LogP contribution < -0.4 is 0 Å². The highest BCUT2D eigenvalue weighted by atomic mass is 35.5. The summed E-state index contributed by atoms with van der Waals surface area (Å²) < 4.78 is 7.62. The highest BCUT2D eigenvalue weighted by Crippen LogP contribution is 2.39. The Morgan fingerprint density at radius 2 is 2.00 bits per heavy atom. The first kappa shape index (κ1) is 10.6. The molecule has 0 saturated carbocycles. The molecule has 5 heteroatoms. The molecule has 0 unspecified atom stereocenters. The highest BCUT2D eigenvalue weighted by molar-refractivity contribution is 7.26. The summed E-state index contributed by atoms with van der Waals surface area (Å²) in [7, 11) is 0.